The Labute approximate surface area is 151 Å². The van der Waals surface area contributed by atoms with Gasteiger partial charge in [0.2, 0.25) is 0 Å². The summed E-state index contributed by atoms with van der Waals surface area (Å²) in [6.45, 7) is 11.0. The van der Waals surface area contributed by atoms with Gasteiger partial charge in [-0.1, -0.05) is 26.1 Å². The molecule has 0 amide bonds. The van der Waals surface area contributed by atoms with Gasteiger partial charge in [0.25, 0.3) is 0 Å². The minimum absolute atomic E-state index is 0.0984. The van der Waals surface area contributed by atoms with Crippen molar-refractivity contribution in [2.24, 2.45) is 11.8 Å². The molecule has 1 aromatic rings. The number of hydrogen-bond donors (Lipinski definition) is 2. The Hall–Kier alpha value is -1.26. The zero-order valence-electron chi connectivity index (χ0n) is 13.8. The lowest BCUT2D eigenvalue weighted by Gasteiger charge is -2.18. The number of benzene rings is 1. The molecule has 3 unspecified atom stereocenters. The number of allylic oxidation sites excluding steroid dienone is 2. The van der Waals surface area contributed by atoms with Crippen LogP contribution in [0.4, 0.5) is 20.2 Å². The molecule has 2 rings (SSSR count). The van der Waals surface area contributed by atoms with Crippen LogP contribution in [0.1, 0.15) is 26.7 Å². The van der Waals surface area contributed by atoms with Gasteiger partial charge < -0.3 is 10.6 Å². The van der Waals surface area contributed by atoms with Crippen molar-refractivity contribution in [3.05, 3.63) is 48.6 Å². The molecule has 0 heterocycles. The van der Waals surface area contributed by atoms with E-state index in [-0.39, 0.29) is 23.2 Å². The first-order valence-electron chi connectivity index (χ1n) is 7.83. The average Bonchev–Trinajstić information content (AvgIpc) is 3.12. The van der Waals surface area contributed by atoms with E-state index in [9.17, 15) is 8.78 Å². The molecule has 132 valence electrons. The highest BCUT2D eigenvalue weighted by Gasteiger charge is 2.53. The van der Waals surface area contributed by atoms with Crippen molar-refractivity contribution in [2.75, 3.05) is 10.6 Å². The summed E-state index contributed by atoms with van der Waals surface area (Å²) in [5.41, 5.74) is 1.69. The van der Waals surface area contributed by atoms with Gasteiger partial charge in [-0.05, 0) is 37.8 Å². The Morgan fingerprint density at radius 1 is 1.29 bits per heavy atom. The summed E-state index contributed by atoms with van der Waals surface area (Å²) in [6, 6.07) is 4.91. The Morgan fingerprint density at radius 3 is 2.33 bits per heavy atom. The monoisotopic (exact) mass is 374 g/mol. The number of nitrogens with one attached hydrogen (secondary N) is 2. The fraction of sp³-hybridized carbons (Fsp3) is 0.444. The molecule has 24 heavy (non-hydrogen) atoms. The van der Waals surface area contributed by atoms with Gasteiger partial charge in [-0.15, -0.1) is 23.2 Å². The summed E-state index contributed by atoms with van der Waals surface area (Å²) in [7, 11) is 0. The molecule has 2 N–H and O–H groups in total. The van der Waals surface area contributed by atoms with Crippen LogP contribution in [0.3, 0.4) is 0 Å². The Bertz CT molecular complexity index is 644. The smallest absolute Gasteiger partial charge is 0.169 e. The summed E-state index contributed by atoms with van der Waals surface area (Å²) < 4.78 is 27.0. The molecular formula is C18H22Cl2F2N2. The van der Waals surface area contributed by atoms with Crippen molar-refractivity contribution in [3.63, 3.8) is 0 Å². The van der Waals surface area contributed by atoms with Crippen LogP contribution in [0.25, 0.3) is 0 Å². The van der Waals surface area contributed by atoms with E-state index in [1.807, 2.05) is 0 Å². The quantitative estimate of drug-likeness (QED) is 0.525. The van der Waals surface area contributed by atoms with Crippen molar-refractivity contribution >= 4 is 34.6 Å². The topological polar surface area (TPSA) is 24.1 Å². The predicted octanol–water partition coefficient (Wildman–Crippen LogP) is 6.25. The van der Waals surface area contributed by atoms with E-state index in [0.717, 1.165) is 0 Å². The first-order valence-corrected chi connectivity index (χ1v) is 8.58. The lowest BCUT2D eigenvalue weighted by atomic mass is 10.0. The molecular weight excluding hydrogens is 353 g/mol. The van der Waals surface area contributed by atoms with Gasteiger partial charge in [-0.2, -0.15) is 0 Å². The molecule has 2 nitrogen and oxygen atoms in total. The van der Waals surface area contributed by atoms with Gasteiger partial charge in [0.1, 0.15) is 10.5 Å². The van der Waals surface area contributed by atoms with E-state index in [0.29, 0.717) is 24.2 Å². The molecule has 0 aliphatic heterocycles. The van der Waals surface area contributed by atoms with Crippen LogP contribution in [-0.4, -0.2) is 10.5 Å². The van der Waals surface area contributed by atoms with Crippen LogP contribution >= 0.6 is 23.2 Å². The average molecular weight is 375 g/mol. The fourth-order valence-electron chi connectivity index (χ4n) is 2.37. The largest absolute Gasteiger partial charge is 0.357 e. The third kappa shape index (κ3) is 4.64. The minimum atomic E-state index is -0.949. The molecule has 1 aliphatic carbocycles. The number of alkyl halides is 3. The van der Waals surface area contributed by atoms with E-state index >= 15 is 0 Å². The van der Waals surface area contributed by atoms with E-state index in [1.165, 1.54) is 6.92 Å². The molecule has 3 atom stereocenters. The maximum absolute atomic E-state index is 14.6. The molecule has 6 heteroatoms. The molecule has 0 radical (unpaired) electrons. The summed E-state index contributed by atoms with van der Waals surface area (Å²) in [5.74, 6) is -0.751. The second kappa shape index (κ2) is 7.32. The lowest BCUT2D eigenvalue weighted by Crippen LogP contribution is -2.13. The van der Waals surface area contributed by atoms with Crippen molar-refractivity contribution in [2.45, 2.75) is 37.2 Å². The van der Waals surface area contributed by atoms with Gasteiger partial charge >= 0.3 is 0 Å². The minimum Gasteiger partial charge on any atom is -0.357 e. The standard InChI is InChI=1S/C18H22Cl2F2N2/c1-10(12(3)21)8-11(2)23-15-6-5-7-16(17(15)22)24-13(4)14-9-18(14,19)20/h5-7,10,12,14,23-24H,2,4,8-9H2,1,3H3. The Balaban J connectivity index is 2.02. The number of anilines is 2. The fourth-order valence-corrected chi connectivity index (χ4v) is 2.94. The van der Waals surface area contributed by atoms with Crippen molar-refractivity contribution in [1.29, 1.82) is 0 Å². The highest BCUT2D eigenvalue weighted by Crippen LogP contribution is 2.56. The molecule has 0 saturated heterocycles. The summed E-state index contributed by atoms with van der Waals surface area (Å²) in [5, 5.41) is 5.85. The maximum Gasteiger partial charge on any atom is 0.169 e. The number of halogens is 4. The van der Waals surface area contributed by atoms with Crippen LogP contribution in [0.5, 0.6) is 0 Å². The lowest BCUT2D eigenvalue weighted by molar-refractivity contribution is 0.263. The van der Waals surface area contributed by atoms with E-state index in [4.69, 9.17) is 23.2 Å². The first-order chi connectivity index (χ1) is 11.1. The zero-order chi connectivity index (χ0) is 18.1. The second-order valence-corrected chi connectivity index (χ2v) is 7.96. The normalized spacial score (nSPS) is 20.8. The zero-order valence-corrected chi connectivity index (χ0v) is 15.3. The molecule has 0 aromatic heterocycles. The first kappa shape index (κ1) is 19.1. The summed E-state index contributed by atoms with van der Waals surface area (Å²) in [4.78, 5) is 0. The third-order valence-corrected chi connectivity index (χ3v) is 5.04. The van der Waals surface area contributed by atoms with E-state index in [2.05, 4.69) is 23.8 Å². The summed E-state index contributed by atoms with van der Waals surface area (Å²) >= 11 is 12.0. The van der Waals surface area contributed by atoms with Crippen LogP contribution in [0, 0.1) is 17.7 Å². The number of rotatable bonds is 8. The summed E-state index contributed by atoms with van der Waals surface area (Å²) in [6.07, 6.45) is 0.0666. The SMILES string of the molecule is C=C(CC(C)C(C)F)Nc1cccc(NC(=C)C2CC2(Cl)Cl)c1F. The highest BCUT2D eigenvalue weighted by atomic mass is 35.5. The number of hydrogen-bond acceptors (Lipinski definition) is 2. The van der Waals surface area contributed by atoms with Gasteiger partial charge in [0, 0.05) is 17.3 Å². The molecule has 0 bridgehead atoms. The highest BCUT2D eigenvalue weighted by molar-refractivity contribution is 6.51. The molecule has 1 saturated carbocycles. The molecule has 1 fully saturated rings. The van der Waals surface area contributed by atoms with Crippen LogP contribution in [0.2, 0.25) is 0 Å². The van der Waals surface area contributed by atoms with Crippen molar-refractivity contribution < 1.29 is 8.78 Å². The predicted molar refractivity (Wildman–Crippen MR) is 98.8 cm³/mol. The van der Waals surface area contributed by atoms with Crippen LogP contribution in [-0.2, 0) is 0 Å². The van der Waals surface area contributed by atoms with E-state index < -0.39 is 16.3 Å². The van der Waals surface area contributed by atoms with Crippen LogP contribution in [0.15, 0.2) is 42.8 Å². The Morgan fingerprint density at radius 2 is 1.83 bits per heavy atom. The Kier molecular flexibility index (Phi) is 5.82. The van der Waals surface area contributed by atoms with Gasteiger partial charge in [-0.25, -0.2) is 8.78 Å². The molecule has 0 spiro atoms. The van der Waals surface area contributed by atoms with E-state index in [1.54, 1.807) is 25.1 Å². The van der Waals surface area contributed by atoms with Gasteiger partial charge in [0.15, 0.2) is 5.82 Å². The third-order valence-electron chi connectivity index (χ3n) is 4.20. The molecule has 1 aliphatic rings. The van der Waals surface area contributed by atoms with Gasteiger partial charge in [-0.3, -0.25) is 0 Å². The second-order valence-electron chi connectivity index (χ2n) is 6.42. The maximum atomic E-state index is 14.6. The molecule has 1 aromatic carbocycles. The van der Waals surface area contributed by atoms with Crippen molar-refractivity contribution in [1.82, 2.24) is 0 Å². The van der Waals surface area contributed by atoms with Gasteiger partial charge in [0.05, 0.1) is 11.4 Å². The van der Waals surface area contributed by atoms with Crippen molar-refractivity contribution in [3.8, 4) is 0 Å². The van der Waals surface area contributed by atoms with Crippen LogP contribution < -0.4 is 10.6 Å².